The molecule has 2 aromatic heterocycles. The summed E-state index contributed by atoms with van der Waals surface area (Å²) in [4.78, 5) is 2.44. The van der Waals surface area contributed by atoms with E-state index in [-0.39, 0.29) is 0 Å². The number of nitrogens with zero attached hydrogens (tertiary/aromatic N) is 1. The van der Waals surface area contributed by atoms with E-state index in [0.717, 1.165) is 17.1 Å². The molecule has 0 spiro atoms. The largest absolute Gasteiger partial charge is 0.310 e. The molecule has 0 bridgehead atoms. The average Bonchev–Trinajstić information content (AvgIpc) is 3.85. The molecule has 0 atom stereocenters. The number of anilines is 3. The number of hydrogen-bond donors (Lipinski definition) is 0. The predicted octanol–water partition coefficient (Wildman–Crippen LogP) is 16.6. The molecule has 0 saturated heterocycles. The second kappa shape index (κ2) is 14.1. The van der Waals surface area contributed by atoms with Gasteiger partial charge in [-0.3, -0.25) is 0 Å². The van der Waals surface area contributed by atoms with Crippen LogP contribution in [0.1, 0.15) is 0 Å². The first-order chi connectivity index (χ1) is 28.3. The lowest BCUT2D eigenvalue weighted by atomic mass is 9.88. The molecule has 11 rings (SSSR count). The molecule has 3 heteroatoms. The topological polar surface area (TPSA) is 3.24 Å². The summed E-state index contributed by atoms with van der Waals surface area (Å²) in [5.74, 6) is 0. The van der Waals surface area contributed by atoms with E-state index in [1.165, 1.54) is 84.9 Å². The van der Waals surface area contributed by atoms with Gasteiger partial charge in [-0.05, 0) is 87.5 Å². The molecule has 0 fully saturated rings. The lowest BCUT2D eigenvalue weighted by molar-refractivity contribution is 1.29. The Kier molecular flexibility index (Phi) is 8.28. The molecule has 1 nitrogen and oxygen atoms in total. The fraction of sp³-hybridized carbons (Fsp3) is 0. The summed E-state index contributed by atoms with van der Waals surface area (Å²) in [7, 11) is 0. The molecular formula is C54H35NS2. The minimum atomic E-state index is 1.11. The molecule has 268 valence electrons. The summed E-state index contributed by atoms with van der Waals surface area (Å²) in [6, 6.07) is 77.7. The molecule has 0 unspecified atom stereocenters. The third kappa shape index (κ3) is 5.91. The van der Waals surface area contributed by atoms with Gasteiger partial charge in [-0.25, -0.2) is 0 Å². The highest BCUT2D eigenvalue weighted by Crippen LogP contribution is 2.47. The summed E-state index contributed by atoms with van der Waals surface area (Å²) >= 11 is 3.73. The standard InChI is InChI=1S/C54H35NS2/c1-2-14-37(15-3-1)41-16-4-5-17-42(41)43-18-6-7-19-44(43)45-20-8-11-23-50(45)55(40-31-33-49-47-22-10-13-25-52(47)57-54(49)35-40)39-29-26-36(27-30-39)38-28-32-48-46-21-9-12-24-51(46)56-53(48)34-38/h1-35H. The van der Waals surface area contributed by atoms with Gasteiger partial charge in [0.25, 0.3) is 0 Å². The van der Waals surface area contributed by atoms with E-state index in [1.807, 2.05) is 22.7 Å². The Morgan fingerprint density at radius 2 is 0.719 bits per heavy atom. The van der Waals surface area contributed by atoms with Crippen LogP contribution in [0.3, 0.4) is 0 Å². The van der Waals surface area contributed by atoms with Gasteiger partial charge >= 0.3 is 0 Å². The van der Waals surface area contributed by atoms with Crippen molar-refractivity contribution in [2.24, 2.45) is 0 Å². The molecule has 2 heterocycles. The average molecular weight is 762 g/mol. The van der Waals surface area contributed by atoms with Crippen LogP contribution >= 0.6 is 22.7 Å². The molecule has 0 amide bonds. The van der Waals surface area contributed by atoms with Crippen molar-refractivity contribution in [1.82, 2.24) is 0 Å². The van der Waals surface area contributed by atoms with Gasteiger partial charge in [0.05, 0.1) is 5.69 Å². The van der Waals surface area contributed by atoms with E-state index >= 15 is 0 Å². The number of fused-ring (bicyclic) bond motifs is 6. The van der Waals surface area contributed by atoms with E-state index < -0.39 is 0 Å². The van der Waals surface area contributed by atoms with Crippen LogP contribution in [0.5, 0.6) is 0 Å². The molecule has 0 saturated carbocycles. The molecule has 0 aliphatic heterocycles. The van der Waals surface area contributed by atoms with Gasteiger partial charge in [-0.2, -0.15) is 0 Å². The van der Waals surface area contributed by atoms with E-state index in [9.17, 15) is 0 Å². The number of rotatable bonds is 7. The number of benzene rings is 9. The van der Waals surface area contributed by atoms with Gasteiger partial charge in [0.15, 0.2) is 0 Å². The zero-order chi connectivity index (χ0) is 37.7. The van der Waals surface area contributed by atoms with E-state index in [0.29, 0.717) is 0 Å². The van der Waals surface area contributed by atoms with Gasteiger partial charge in [0, 0.05) is 57.3 Å². The highest BCUT2D eigenvalue weighted by Gasteiger charge is 2.21. The molecule has 57 heavy (non-hydrogen) atoms. The van der Waals surface area contributed by atoms with E-state index in [2.05, 4.69) is 217 Å². The van der Waals surface area contributed by atoms with Crippen LogP contribution in [0, 0.1) is 0 Å². The molecule has 0 aliphatic carbocycles. The number of para-hydroxylation sites is 1. The minimum absolute atomic E-state index is 1.11. The Labute approximate surface area is 340 Å². The Hall–Kier alpha value is -6.78. The first-order valence-corrected chi connectivity index (χ1v) is 21.0. The van der Waals surface area contributed by atoms with Crippen molar-refractivity contribution < 1.29 is 0 Å². The smallest absolute Gasteiger partial charge is 0.0540 e. The first kappa shape index (κ1) is 33.5. The zero-order valence-electron chi connectivity index (χ0n) is 31.0. The van der Waals surface area contributed by atoms with Gasteiger partial charge < -0.3 is 4.90 Å². The van der Waals surface area contributed by atoms with Crippen molar-refractivity contribution in [1.29, 1.82) is 0 Å². The lowest BCUT2D eigenvalue weighted by Gasteiger charge is -2.29. The third-order valence-corrected chi connectivity index (χ3v) is 13.4. The van der Waals surface area contributed by atoms with Crippen LogP contribution in [-0.2, 0) is 0 Å². The predicted molar refractivity (Wildman–Crippen MR) is 249 cm³/mol. The van der Waals surface area contributed by atoms with Gasteiger partial charge in [0.2, 0.25) is 0 Å². The van der Waals surface area contributed by atoms with Crippen molar-refractivity contribution in [2.45, 2.75) is 0 Å². The van der Waals surface area contributed by atoms with Crippen LogP contribution in [0.4, 0.5) is 17.1 Å². The number of hydrogen-bond acceptors (Lipinski definition) is 3. The summed E-state index contributed by atoms with van der Waals surface area (Å²) in [6.45, 7) is 0. The summed E-state index contributed by atoms with van der Waals surface area (Å²) < 4.78 is 5.23. The summed E-state index contributed by atoms with van der Waals surface area (Å²) in [6.07, 6.45) is 0. The normalized spacial score (nSPS) is 11.5. The first-order valence-electron chi connectivity index (χ1n) is 19.3. The van der Waals surface area contributed by atoms with Gasteiger partial charge in [-0.1, -0.05) is 164 Å². The Balaban J connectivity index is 1.07. The number of thiophene rings is 2. The lowest BCUT2D eigenvalue weighted by Crippen LogP contribution is -2.11. The minimum Gasteiger partial charge on any atom is -0.310 e. The SMILES string of the molecule is c1ccc(-c2ccccc2-c2ccccc2-c2ccccc2N(c2ccc(-c3ccc4c(c3)sc3ccccc34)cc2)c2ccc3c(c2)sc2ccccc23)cc1. The van der Waals surface area contributed by atoms with Crippen molar-refractivity contribution in [3.63, 3.8) is 0 Å². The van der Waals surface area contributed by atoms with Crippen molar-refractivity contribution in [2.75, 3.05) is 4.90 Å². The molecule has 0 aliphatic rings. The van der Waals surface area contributed by atoms with Gasteiger partial charge in [0.1, 0.15) is 0 Å². The monoisotopic (exact) mass is 761 g/mol. The molecule has 9 aromatic carbocycles. The molecule has 0 N–H and O–H groups in total. The van der Waals surface area contributed by atoms with E-state index in [4.69, 9.17) is 0 Å². The second-order valence-electron chi connectivity index (χ2n) is 14.4. The zero-order valence-corrected chi connectivity index (χ0v) is 32.6. The highest BCUT2D eigenvalue weighted by molar-refractivity contribution is 7.26. The van der Waals surface area contributed by atoms with Crippen LogP contribution in [-0.4, -0.2) is 0 Å². The maximum Gasteiger partial charge on any atom is 0.0540 e. The fourth-order valence-corrected chi connectivity index (χ4v) is 10.7. The second-order valence-corrected chi connectivity index (χ2v) is 16.6. The summed E-state index contributed by atoms with van der Waals surface area (Å²) in [5.41, 5.74) is 13.0. The molecule has 0 radical (unpaired) electrons. The third-order valence-electron chi connectivity index (χ3n) is 11.1. The van der Waals surface area contributed by atoms with Gasteiger partial charge in [-0.15, -0.1) is 22.7 Å². The van der Waals surface area contributed by atoms with Crippen molar-refractivity contribution >= 4 is 80.1 Å². The van der Waals surface area contributed by atoms with Crippen LogP contribution in [0.25, 0.3) is 84.9 Å². The maximum absolute atomic E-state index is 2.44. The van der Waals surface area contributed by atoms with Crippen molar-refractivity contribution in [3.8, 4) is 44.5 Å². The summed E-state index contributed by atoms with van der Waals surface area (Å²) in [5, 5.41) is 5.25. The van der Waals surface area contributed by atoms with E-state index in [1.54, 1.807) is 0 Å². The Morgan fingerprint density at radius 3 is 1.40 bits per heavy atom. The molecule has 11 aromatic rings. The van der Waals surface area contributed by atoms with Crippen LogP contribution in [0.15, 0.2) is 212 Å². The fourth-order valence-electron chi connectivity index (χ4n) is 8.43. The highest BCUT2D eigenvalue weighted by atomic mass is 32.1. The van der Waals surface area contributed by atoms with Crippen LogP contribution < -0.4 is 4.90 Å². The van der Waals surface area contributed by atoms with Crippen molar-refractivity contribution in [3.05, 3.63) is 212 Å². The quantitative estimate of drug-likeness (QED) is 0.156. The maximum atomic E-state index is 2.44. The Bertz CT molecular complexity index is 3240. The molecular weight excluding hydrogens is 727 g/mol. The Morgan fingerprint density at radius 1 is 0.263 bits per heavy atom. The van der Waals surface area contributed by atoms with Crippen LogP contribution in [0.2, 0.25) is 0 Å².